The van der Waals surface area contributed by atoms with Gasteiger partial charge in [-0.05, 0) is 56.9 Å². The van der Waals surface area contributed by atoms with E-state index in [0.29, 0.717) is 25.8 Å². The Bertz CT molecular complexity index is 1090. The number of aliphatic carboxylic acids is 1. The summed E-state index contributed by atoms with van der Waals surface area (Å²) in [4.78, 5) is 88.0. The molecule has 0 aliphatic rings. The third-order valence-corrected chi connectivity index (χ3v) is 7.65. The monoisotopic (exact) mass is 686 g/mol. The SMILES string of the molecule is CC[C@H](C)[C@H](N)C(=O)N[C@H](C(=O)NCC(=O)N[C@@H](CC(C)C)C(=O)NCC(=O)N[C@H](C(=O)N[C@@H](CCCCN)C(=O)O)C(C)C)[C@@H](C)O. The Balaban J connectivity index is 5.26. The molecule has 0 fully saturated rings. The second-order valence-corrected chi connectivity index (χ2v) is 12.8. The third-order valence-electron chi connectivity index (χ3n) is 7.65. The quantitative estimate of drug-likeness (QED) is 0.0516. The van der Waals surface area contributed by atoms with Crippen molar-refractivity contribution in [2.24, 2.45) is 29.2 Å². The second-order valence-electron chi connectivity index (χ2n) is 12.8. The molecule has 0 aliphatic heterocycles. The van der Waals surface area contributed by atoms with Crippen LogP contribution in [0.2, 0.25) is 0 Å². The number of hydrogen-bond acceptors (Lipinski definition) is 10. The lowest BCUT2D eigenvalue weighted by Crippen LogP contribution is -2.58. The van der Waals surface area contributed by atoms with Crippen LogP contribution < -0.4 is 43.4 Å². The minimum Gasteiger partial charge on any atom is -0.480 e. The van der Waals surface area contributed by atoms with Crippen LogP contribution >= 0.6 is 0 Å². The topological polar surface area (TPSA) is 284 Å². The number of aliphatic hydroxyl groups excluding tert-OH is 1. The molecule has 17 nitrogen and oxygen atoms in total. The summed E-state index contributed by atoms with van der Waals surface area (Å²) < 4.78 is 0. The number of carbonyl (C=O) groups excluding carboxylic acids is 6. The Morgan fingerprint density at radius 2 is 1.25 bits per heavy atom. The Labute approximate surface area is 282 Å². The van der Waals surface area contributed by atoms with Gasteiger partial charge in [-0.1, -0.05) is 48.0 Å². The molecule has 6 amide bonds. The lowest BCUT2D eigenvalue weighted by atomic mass is 9.99. The average molecular weight is 687 g/mol. The minimum atomic E-state index is -1.38. The highest BCUT2D eigenvalue weighted by Crippen LogP contribution is 2.08. The lowest BCUT2D eigenvalue weighted by molar-refractivity contribution is -0.142. The summed E-state index contributed by atoms with van der Waals surface area (Å²) >= 11 is 0. The summed E-state index contributed by atoms with van der Waals surface area (Å²) in [6.07, 6.45) is 0.765. The predicted molar refractivity (Wildman–Crippen MR) is 178 cm³/mol. The number of carboxylic acids is 1. The van der Waals surface area contributed by atoms with Crippen molar-refractivity contribution in [3.63, 3.8) is 0 Å². The lowest BCUT2D eigenvalue weighted by Gasteiger charge is -2.25. The first kappa shape index (κ1) is 44.2. The van der Waals surface area contributed by atoms with E-state index >= 15 is 0 Å². The maximum Gasteiger partial charge on any atom is 0.326 e. The minimum absolute atomic E-state index is 0.0601. The van der Waals surface area contributed by atoms with Crippen molar-refractivity contribution in [3.8, 4) is 0 Å². The van der Waals surface area contributed by atoms with Crippen molar-refractivity contribution >= 4 is 41.4 Å². The van der Waals surface area contributed by atoms with E-state index in [-0.39, 0.29) is 24.7 Å². The van der Waals surface area contributed by atoms with Crippen LogP contribution in [0, 0.1) is 17.8 Å². The highest BCUT2D eigenvalue weighted by atomic mass is 16.4. The molecule has 0 spiro atoms. The van der Waals surface area contributed by atoms with Gasteiger partial charge in [0, 0.05) is 0 Å². The molecule has 0 unspecified atom stereocenters. The van der Waals surface area contributed by atoms with Crippen LogP contribution in [-0.4, -0.2) is 108 Å². The van der Waals surface area contributed by atoms with Gasteiger partial charge in [0.15, 0.2) is 0 Å². The molecule has 0 aromatic rings. The fourth-order valence-corrected chi connectivity index (χ4v) is 4.45. The van der Waals surface area contributed by atoms with Crippen LogP contribution in [0.4, 0.5) is 0 Å². The fraction of sp³-hybridized carbons (Fsp3) is 0.774. The standard InChI is InChI=1S/C31H58N8O9/c1-8-18(6)24(33)28(44)39-26(19(7)40)29(45)35-14-22(41)36-21(13-16(2)3)27(43)34-15-23(42)38-25(17(4)5)30(46)37-20(31(47)48)11-9-10-12-32/h16-21,24-26,40H,8-15,32-33H2,1-7H3,(H,34,43)(H,35,45)(H,36,41)(H,37,46)(H,38,42)(H,39,44)(H,47,48)/t18-,19+,20-,21-,24-,25-,26-/m0/s1. The summed E-state index contributed by atoms with van der Waals surface area (Å²) in [5.74, 6) is -6.15. The maximum atomic E-state index is 13.0. The van der Waals surface area contributed by atoms with Gasteiger partial charge in [0.05, 0.1) is 25.2 Å². The molecule has 17 heteroatoms. The van der Waals surface area contributed by atoms with E-state index in [1.54, 1.807) is 20.8 Å². The molecule has 0 radical (unpaired) electrons. The van der Waals surface area contributed by atoms with Crippen molar-refractivity contribution in [3.05, 3.63) is 0 Å². The number of unbranched alkanes of at least 4 members (excludes halogenated alkanes) is 1. The zero-order valence-corrected chi connectivity index (χ0v) is 29.3. The number of nitrogens with two attached hydrogens (primary N) is 2. The van der Waals surface area contributed by atoms with Gasteiger partial charge in [0.1, 0.15) is 24.2 Å². The third kappa shape index (κ3) is 16.8. The van der Waals surface area contributed by atoms with E-state index in [1.165, 1.54) is 6.92 Å². The number of carboxylic acid groups (broad SMARTS) is 1. The van der Waals surface area contributed by atoms with Crippen molar-refractivity contribution < 1.29 is 43.8 Å². The zero-order valence-electron chi connectivity index (χ0n) is 29.3. The van der Waals surface area contributed by atoms with E-state index in [2.05, 4.69) is 31.9 Å². The normalized spacial score (nSPS) is 15.6. The van der Waals surface area contributed by atoms with Gasteiger partial charge < -0.3 is 53.6 Å². The van der Waals surface area contributed by atoms with Gasteiger partial charge in [0.2, 0.25) is 35.4 Å². The van der Waals surface area contributed by atoms with E-state index < -0.39 is 96.7 Å². The van der Waals surface area contributed by atoms with E-state index in [4.69, 9.17) is 11.5 Å². The molecule has 7 atom stereocenters. The molecular formula is C31H58N8O9. The van der Waals surface area contributed by atoms with Crippen LogP contribution in [0.1, 0.15) is 80.6 Å². The molecule has 0 heterocycles. The highest BCUT2D eigenvalue weighted by Gasteiger charge is 2.31. The zero-order chi connectivity index (χ0) is 37.1. The molecule has 0 aliphatic carbocycles. The number of rotatable bonds is 23. The van der Waals surface area contributed by atoms with Crippen molar-refractivity contribution in [1.29, 1.82) is 0 Å². The number of hydrogen-bond donors (Lipinski definition) is 10. The summed E-state index contributed by atoms with van der Waals surface area (Å²) in [6.45, 7) is 11.2. The van der Waals surface area contributed by atoms with Crippen molar-refractivity contribution in [2.75, 3.05) is 19.6 Å². The van der Waals surface area contributed by atoms with Crippen LogP contribution in [-0.2, 0) is 33.6 Å². The number of nitrogens with one attached hydrogen (secondary N) is 6. The first-order valence-corrected chi connectivity index (χ1v) is 16.5. The van der Waals surface area contributed by atoms with Gasteiger partial charge in [-0.25, -0.2) is 4.79 Å². The number of carbonyl (C=O) groups is 7. The largest absolute Gasteiger partial charge is 0.480 e. The summed E-state index contributed by atoms with van der Waals surface area (Å²) in [6, 6.07) is -5.61. The van der Waals surface area contributed by atoms with Gasteiger partial charge in [-0.15, -0.1) is 0 Å². The van der Waals surface area contributed by atoms with Gasteiger partial charge in [-0.3, -0.25) is 28.8 Å². The molecule has 12 N–H and O–H groups in total. The van der Waals surface area contributed by atoms with E-state index in [9.17, 15) is 43.8 Å². The summed E-state index contributed by atoms with van der Waals surface area (Å²) in [5, 5.41) is 34.2. The van der Waals surface area contributed by atoms with Crippen LogP contribution in [0.15, 0.2) is 0 Å². The molecule has 276 valence electrons. The Kier molecular flexibility index (Phi) is 20.9. The van der Waals surface area contributed by atoms with Crippen LogP contribution in [0.3, 0.4) is 0 Å². The van der Waals surface area contributed by atoms with Crippen molar-refractivity contribution in [2.45, 2.75) is 117 Å². The summed E-state index contributed by atoms with van der Waals surface area (Å²) in [5.41, 5.74) is 11.4. The molecule has 48 heavy (non-hydrogen) atoms. The van der Waals surface area contributed by atoms with Gasteiger partial charge in [0.25, 0.3) is 0 Å². The molecule has 0 aromatic heterocycles. The predicted octanol–water partition coefficient (Wildman–Crippen LogP) is -2.17. The molecule has 0 saturated heterocycles. The highest BCUT2D eigenvalue weighted by molar-refractivity contribution is 5.95. The Hall–Kier alpha value is -3.83. The average Bonchev–Trinajstić information content (AvgIpc) is 3.01. The number of amides is 6. The Morgan fingerprint density at radius 3 is 1.73 bits per heavy atom. The molecule has 0 rings (SSSR count). The molecule has 0 aromatic carbocycles. The van der Waals surface area contributed by atoms with Crippen LogP contribution in [0.5, 0.6) is 0 Å². The smallest absolute Gasteiger partial charge is 0.326 e. The summed E-state index contributed by atoms with van der Waals surface area (Å²) in [7, 11) is 0. The second kappa shape index (κ2) is 22.7. The first-order chi connectivity index (χ1) is 22.4. The maximum absolute atomic E-state index is 13.0. The van der Waals surface area contributed by atoms with E-state index in [0.717, 1.165) is 0 Å². The van der Waals surface area contributed by atoms with Crippen LogP contribution in [0.25, 0.3) is 0 Å². The Morgan fingerprint density at radius 1 is 0.688 bits per heavy atom. The fourth-order valence-electron chi connectivity index (χ4n) is 4.45. The number of aliphatic hydroxyl groups is 1. The van der Waals surface area contributed by atoms with Gasteiger partial charge in [-0.2, -0.15) is 0 Å². The molecule has 0 saturated carbocycles. The van der Waals surface area contributed by atoms with Gasteiger partial charge >= 0.3 is 5.97 Å². The first-order valence-electron chi connectivity index (χ1n) is 16.5. The van der Waals surface area contributed by atoms with E-state index in [1.807, 2.05) is 20.8 Å². The molecule has 0 bridgehead atoms. The van der Waals surface area contributed by atoms with Crippen molar-refractivity contribution in [1.82, 2.24) is 31.9 Å². The molecular weight excluding hydrogens is 628 g/mol.